The quantitative estimate of drug-likeness (QED) is 0.593. The summed E-state index contributed by atoms with van der Waals surface area (Å²) in [6, 6.07) is 9.53. The Balaban J connectivity index is 1.56. The van der Waals surface area contributed by atoms with E-state index in [2.05, 4.69) is 20.3 Å². The van der Waals surface area contributed by atoms with Crippen molar-refractivity contribution in [3.63, 3.8) is 0 Å². The molecule has 2 N–H and O–H groups in total. The van der Waals surface area contributed by atoms with Crippen LogP contribution in [0.3, 0.4) is 0 Å². The SMILES string of the molecule is O=c1cc(CNc2ncnc3sc4c(c23)CCC4)c2ccccc2[nH]1. The number of para-hydroxylation sites is 1. The third-order valence-corrected chi connectivity index (χ3v) is 5.98. The van der Waals surface area contributed by atoms with Crippen LogP contribution in [0.5, 0.6) is 0 Å². The topological polar surface area (TPSA) is 70.7 Å². The first-order chi connectivity index (χ1) is 12.3. The van der Waals surface area contributed by atoms with Gasteiger partial charge < -0.3 is 10.3 Å². The first-order valence-corrected chi connectivity index (χ1v) is 9.21. The van der Waals surface area contributed by atoms with E-state index >= 15 is 0 Å². The summed E-state index contributed by atoms with van der Waals surface area (Å²) in [5.41, 5.74) is 3.15. The number of aromatic amines is 1. The smallest absolute Gasteiger partial charge is 0.248 e. The number of aryl methyl sites for hydroxylation is 2. The molecule has 0 bridgehead atoms. The van der Waals surface area contributed by atoms with Crippen LogP contribution in [0.1, 0.15) is 22.4 Å². The number of benzene rings is 1. The molecule has 0 saturated heterocycles. The Morgan fingerprint density at radius 1 is 1.20 bits per heavy atom. The summed E-state index contributed by atoms with van der Waals surface area (Å²) in [5.74, 6) is 0.869. The van der Waals surface area contributed by atoms with E-state index in [-0.39, 0.29) is 5.56 Å². The van der Waals surface area contributed by atoms with Gasteiger partial charge in [-0.3, -0.25) is 4.79 Å². The van der Waals surface area contributed by atoms with Crippen molar-refractivity contribution < 1.29 is 0 Å². The third-order valence-electron chi connectivity index (χ3n) is 4.78. The fraction of sp³-hybridized carbons (Fsp3) is 0.211. The number of rotatable bonds is 3. The number of fused-ring (bicyclic) bond motifs is 4. The molecule has 124 valence electrons. The zero-order valence-corrected chi connectivity index (χ0v) is 14.3. The van der Waals surface area contributed by atoms with Gasteiger partial charge in [-0.1, -0.05) is 18.2 Å². The number of nitrogens with one attached hydrogen (secondary N) is 2. The number of pyridine rings is 1. The highest BCUT2D eigenvalue weighted by molar-refractivity contribution is 7.19. The maximum Gasteiger partial charge on any atom is 0.248 e. The van der Waals surface area contributed by atoms with Crippen LogP contribution in [0, 0.1) is 0 Å². The third kappa shape index (κ3) is 2.41. The molecular formula is C19H16N4OS. The van der Waals surface area contributed by atoms with E-state index in [1.54, 1.807) is 23.7 Å². The van der Waals surface area contributed by atoms with Crippen molar-refractivity contribution in [3.8, 4) is 0 Å². The molecule has 0 radical (unpaired) electrons. The van der Waals surface area contributed by atoms with Gasteiger partial charge >= 0.3 is 0 Å². The summed E-state index contributed by atoms with van der Waals surface area (Å²) in [4.78, 5) is 26.2. The van der Waals surface area contributed by atoms with Crippen molar-refractivity contribution in [2.45, 2.75) is 25.8 Å². The summed E-state index contributed by atoms with van der Waals surface area (Å²) in [6.07, 6.45) is 5.08. The van der Waals surface area contributed by atoms with Gasteiger partial charge in [0, 0.05) is 28.4 Å². The van der Waals surface area contributed by atoms with Crippen LogP contribution < -0.4 is 10.9 Å². The number of hydrogen-bond acceptors (Lipinski definition) is 5. The molecule has 0 saturated carbocycles. The standard InChI is InChI=1S/C19H16N4OS/c24-16-8-11(12-4-1-2-6-14(12)23-16)9-20-18-17-13-5-3-7-15(13)25-19(17)22-10-21-18/h1-2,4,6,8,10H,3,5,7,9H2,(H,23,24)(H,20,21,22). The Bertz CT molecular complexity index is 1160. The van der Waals surface area contributed by atoms with E-state index in [1.807, 2.05) is 24.3 Å². The average molecular weight is 348 g/mol. The molecule has 1 aliphatic rings. The number of thiophene rings is 1. The van der Waals surface area contributed by atoms with Crippen molar-refractivity contribution in [2.24, 2.45) is 0 Å². The van der Waals surface area contributed by atoms with Crippen molar-refractivity contribution in [2.75, 3.05) is 5.32 Å². The summed E-state index contributed by atoms with van der Waals surface area (Å²) in [7, 11) is 0. The monoisotopic (exact) mass is 348 g/mol. The lowest BCUT2D eigenvalue weighted by atomic mass is 10.1. The second kappa shape index (κ2) is 5.67. The normalized spacial score (nSPS) is 13.4. The van der Waals surface area contributed by atoms with Gasteiger partial charge in [0.05, 0.1) is 5.39 Å². The van der Waals surface area contributed by atoms with Crippen LogP contribution in [0.2, 0.25) is 0 Å². The fourth-order valence-electron chi connectivity index (χ4n) is 3.66. The number of hydrogen-bond donors (Lipinski definition) is 2. The highest BCUT2D eigenvalue weighted by atomic mass is 32.1. The molecule has 0 fully saturated rings. The molecule has 5 rings (SSSR count). The lowest BCUT2D eigenvalue weighted by molar-refractivity contribution is 0.917. The van der Waals surface area contributed by atoms with Gasteiger partial charge in [-0.05, 0) is 36.5 Å². The van der Waals surface area contributed by atoms with Gasteiger partial charge in [-0.25, -0.2) is 9.97 Å². The molecule has 4 aromatic rings. The molecule has 0 aliphatic heterocycles. The summed E-state index contributed by atoms with van der Waals surface area (Å²) in [5, 5.41) is 5.65. The Morgan fingerprint density at radius 3 is 3.08 bits per heavy atom. The van der Waals surface area contributed by atoms with E-state index in [0.29, 0.717) is 6.54 Å². The Kier molecular flexibility index (Phi) is 3.31. The van der Waals surface area contributed by atoms with Crippen LogP contribution in [-0.2, 0) is 19.4 Å². The zero-order chi connectivity index (χ0) is 16.8. The second-order valence-electron chi connectivity index (χ2n) is 6.32. The number of anilines is 1. The molecule has 3 heterocycles. The van der Waals surface area contributed by atoms with Crippen molar-refractivity contribution in [3.05, 3.63) is 63.0 Å². The maximum atomic E-state index is 11.9. The van der Waals surface area contributed by atoms with Crippen LogP contribution in [0.25, 0.3) is 21.1 Å². The Hall–Kier alpha value is -2.73. The molecule has 3 aromatic heterocycles. The molecular weight excluding hydrogens is 332 g/mol. The maximum absolute atomic E-state index is 11.9. The molecule has 0 amide bonds. The minimum atomic E-state index is -0.0836. The summed E-state index contributed by atoms with van der Waals surface area (Å²) in [6.45, 7) is 0.557. The molecule has 5 nitrogen and oxygen atoms in total. The van der Waals surface area contributed by atoms with Crippen molar-refractivity contribution >= 4 is 38.3 Å². The van der Waals surface area contributed by atoms with E-state index in [9.17, 15) is 4.79 Å². The largest absolute Gasteiger partial charge is 0.365 e. The van der Waals surface area contributed by atoms with Crippen LogP contribution in [0.4, 0.5) is 5.82 Å². The molecule has 1 aromatic carbocycles. The fourth-order valence-corrected chi connectivity index (χ4v) is 4.89. The summed E-state index contributed by atoms with van der Waals surface area (Å²) < 4.78 is 0. The number of nitrogens with zero attached hydrogens (tertiary/aromatic N) is 2. The second-order valence-corrected chi connectivity index (χ2v) is 7.40. The predicted octanol–water partition coefficient (Wildman–Crippen LogP) is 3.63. The minimum Gasteiger partial charge on any atom is -0.365 e. The highest BCUT2D eigenvalue weighted by Gasteiger charge is 2.21. The number of H-pyrrole nitrogens is 1. The van der Waals surface area contributed by atoms with E-state index in [1.165, 1.54) is 16.9 Å². The lowest BCUT2D eigenvalue weighted by Crippen LogP contribution is -2.10. The first-order valence-electron chi connectivity index (χ1n) is 8.39. The van der Waals surface area contributed by atoms with Gasteiger partial charge in [0.15, 0.2) is 0 Å². The predicted molar refractivity (Wildman–Crippen MR) is 101 cm³/mol. The first kappa shape index (κ1) is 14.6. The molecule has 0 unspecified atom stereocenters. The van der Waals surface area contributed by atoms with Gasteiger partial charge in [-0.15, -0.1) is 11.3 Å². The van der Waals surface area contributed by atoms with E-state index < -0.39 is 0 Å². The molecule has 25 heavy (non-hydrogen) atoms. The average Bonchev–Trinajstić information content (AvgIpc) is 3.20. The van der Waals surface area contributed by atoms with Crippen LogP contribution >= 0.6 is 11.3 Å². The van der Waals surface area contributed by atoms with Gasteiger partial charge in [0.2, 0.25) is 5.56 Å². The summed E-state index contributed by atoms with van der Waals surface area (Å²) >= 11 is 1.78. The molecule has 0 spiro atoms. The molecule has 6 heteroatoms. The van der Waals surface area contributed by atoms with E-state index in [4.69, 9.17) is 0 Å². The lowest BCUT2D eigenvalue weighted by Gasteiger charge is -2.10. The highest BCUT2D eigenvalue weighted by Crippen LogP contribution is 2.39. The Labute approximate surface area is 147 Å². The van der Waals surface area contributed by atoms with E-state index in [0.717, 1.165) is 45.3 Å². The zero-order valence-electron chi connectivity index (χ0n) is 13.5. The minimum absolute atomic E-state index is 0.0836. The van der Waals surface area contributed by atoms with Gasteiger partial charge in [0.25, 0.3) is 0 Å². The van der Waals surface area contributed by atoms with Crippen LogP contribution in [-0.4, -0.2) is 15.0 Å². The number of aromatic nitrogens is 3. The van der Waals surface area contributed by atoms with Gasteiger partial charge in [0.1, 0.15) is 17.0 Å². The van der Waals surface area contributed by atoms with Crippen molar-refractivity contribution in [1.82, 2.24) is 15.0 Å². The molecule has 0 atom stereocenters. The van der Waals surface area contributed by atoms with Crippen LogP contribution in [0.15, 0.2) is 41.5 Å². The van der Waals surface area contributed by atoms with Gasteiger partial charge in [-0.2, -0.15) is 0 Å². The van der Waals surface area contributed by atoms with Crippen molar-refractivity contribution in [1.29, 1.82) is 0 Å². The molecule has 1 aliphatic carbocycles. The Morgan fingerprint density at radius 2 is 2.12 bits per heavy atom.